The lowest BCUT2D eigenvalue weighted by Gasteiger charge is -2.26. The van der Waals surface area contributed by atoms with Gasteiger partial charge >= 0.3 is 0 Å². The summed E-state index contributed by atoms with van der Waals surface area (Å²) >= 11 is 11.5. The first-order chi connectivity index (χ1) is 7.72. The van der Waals surface area contributed by atoms with Crippen LogP contribution in [0.5, 0.6) is 0 Å². The molecule has 1 heterocycles. The number of hydrogen-bond acceptors (Lipinski definition) is 2. The molecule has 2 rings (SSSR count). The van der Waals surface area contributed by atoms with Crippen molar-refractivity contribution in [3.8, 4) is 0 Å². The largest absolute Gasteiger partial charge is 0.371 e. The minimum atomic E-state index is 0.559. The highest BCUT2D eigenvalue weighted by Gasteiger charge is 2.20. The molecule has 0 N–H and O–H groups in total. The molecular weight excluding hydrogens is 306 g/mol. The first-order valence-corrected chi connectivity index (χ1v) is 7.85. The van der Waals surface area contributed by atoms with Gasteiger partial charge in [-0.15, -0.1) is 11.6 Å². The van der Waals surface area contributed by atoms with E-state index in [1.165, 1.54) is 23.6 Å². The Hall–Kier alpha value is 0.140. The smallest absolute Gasteiger partial charge is 0.0485 e. The molecule has 16 heavy (non-hydrogen) atoms. The summed E-state index contributed by atoms with van der Waals surface area (Å²) in [4.78, 5) is 2.38. The van der Waals surface area contributed by atoms with E-state index in [1.54, 1.807) is 0 Å². The zero-order valence-electron chi connectivity index (χ0n) is 9.25. The van der Waals surface area contributed by atoms with Gasteiger partial charge in [-0.25, -0.2) is 0 Å². The van der Waals surface area contributed by atoms with E-state index < -0.39 is 0 Å². The van der Waals surface area contributed by atoms with E-state index in [4.69, 9.17) is 11.6 Å². The van der Waals surface area contributed by atoms with Gasteiger partial charge in [0.1, 0.15) is 0 Å². The van der Waals surface area contributed by atoms with Crippen molar-refractivity contribution >= 4 is 45.0 Å². The number of benzene rings is 1. The molecule has 1 nitrogen and oxygen atoms in total. The molecule has 0 spiro atoms. The van der Waals surface area contributed by atoms with Crippen molar-refractivity contribution < 1.29 is 0 Å². The van der Waals surface area contributed by atoms with E-state index in [1.807, 2.05) is 11.8 Å². The fraction of sp³-hybridized carbons (Fsp3) is 0.500. The predicted molar refractivity (Wildman–Crippen MR) is 77.8 cm³/mol. The number of halogens is 2. The molecule has 0 aliphatic carbocycles. The topological polar surface area (TPSA) is 3.24 Å². The maximum atomic E-state index is 5.84. The van der Waals surface area contributed by atoms with Crippen LogP contribution in [-0.4, -0.2) is 24.6 Å². The second-order valence-electron chi connectivity index (χ2n) is 4.04. The molecule has 0 bridgehead atoms. The van der Waals surface area contributed by atoms with Crippen molar-refractivity contribution in [2.45, 2.75) is 18.3 Å². The Balaban J connectivity index is 2.16. The fourth-order valence-corrected chi connectivity index (χ4v) is 4.07. The molecule has 0 amide bonds. The summed E-state index contributed by atoms with van der Waals surface area (Å²) in [5, 5.41) is 0. The van der Waals surface area contributed by atoms with Crippen molar-refractivity contribution in [2.24, 2.45) is 0 Å². The zero-order valence-corrected chi connectivity index (χ0v) is 12.4. The molecule has 1 aromatic rings. The molecule has 4 heteroatoms. The Bertz CT molecular complexity index is 366. The van der Waals surface area contributed by atoms with E-state index in [-0.39, 0.29) is 0 Å². The van der Waals surface area contributed by atoms with Crippen molar-refractivity contribution in [3.05, 3.63) is 28.2 Å². The summed E-state index contributed by atoms with van der Waals surface area (Å²) in [5.74, 6) is 3.09. The standard InChI is InChI=1S/C12H15BrClNS/c1-15(11-4-5-16-8-11)10-3-2-9(7-14)12(13)6-10/h2-3,6,11H,4-5,7-8H2,1H3. The van der Waals surface area contributed by atoms with Crippen molar-refractivity contribution in [1.82, 2.24) is 0 Å². The second kappa shape index (κ2) is 5.65. The molecule has 1 fully saturated rings. The normalized spacial score (nSPS) is 20.1. The number of hydrogen-bond donors (Lipinski definition) is 0. The highest BCUT2D eigenvalue weighted by Crippen LogP contribution is 2.29. The summed E-state index contributed by atoms with van der Waals surface area (Å²) in [6.07, 6.45) is 1.29. The Labute approximate surface area is 115 Å². The Morgan fingerprint density at radius 3 is 2.94 bits per heavy atom. The van der Waals surface area contributed by atoms with E-state index in [0.29, 0.717) is 11.9 Å². The van der Waals surface area contributed by atoms with E-state index in [9.17, 15) is 0 Å². The molecule has 0 aromatic heterocycles. The van der Waals surface area contributed by atoms with Crippen LogP contribution < -0.4 is 4.90 Å². The van der Waals surface area contributed by atoms with Crippen LogP contribution in [0, 0.1) is 0 Å². The Morgan fingerprint density at radius 2 is 2.38 bits per heavy atom. The van der Waals surface area contributed by atoms with Gasteiger partial charge < -0.3 is 4.90 Å². The third-order valence-corrected chi connectivity index (χ3v) is 5.21. The molecule has 1 unspecified atom stereocenters. The highest BCUT2D eigenvalue weighted by molar-refractivity contribution is 9.10. The van der Waals surface area contributed by atoms with Gasteiger partial charge in [-0.1, -0.05) is 22.0 Å². The number of alkyl halides is 1. The number of thioether (sulfide) groups is 1. The van der Waals surface area contributed by atoms with Gasteiger partial charge in [0, 0.05) is 34.9 Å². The van der Waals surface area contributed by atoms with Crippen molar-refractivity contribution in [2.75, 3.05) is 23.5 Å². The van der Waals surface area contributed by atoms with E-state index >= 15 is 0 Å². The zero-order chi connectivity index (χ0) is 11.5. The van der Waals surface area contributed by atoms with Gasteiger partial charge in [-0.05, 0) is 29.9 Å². The number of anilines is 1. The van der Waals surface area contributed by atoms with Crippen LogP contribution in [0.2, 0.25) is 0 Å². The van der Waals surface area contributed by atoms with Gasteiger partial charge in [0.25, 0.3) is 0 Å². The van der Waals surface area contributed by atoms with E-state index in [2.05, 4.69) is 46.1 Å². The van der Waals surface area contributed by atoms with E-state index in [0.717, 1.165) is 10.0 Å². The van der Waals surface area contributed by atoms with Crippen LogP contribution in [0.4, 0.5) is 5.69 Å². The molecule has 0 radical (unpaired) electrons. The molecular formula is C12H15BrClNS. The average Bonchev–Trinajstić information content (AvgIpc) is 2.81. The first-order valence-electron chi connectivity index (χ1n) is 5.37. The SMILES string of the molecule is CN(c1ccc(CCl)c(Br)c1)C1CCSC1. The lowest BCUT2D eigenvalue weighted by molar-refractivity contribution is 0.700. The van der Waals surface area contributed by atoms with Crippen molar-refractivity contribution in [3.63, 3.8) is 0 Å². The maximum absolute atomic E-state index is 5.84. The lowest BCUT2D eigenvalue weighted by Crippen LogP contribution is -2.31. The summed E-state index contributed by atoms with van der Waals surface area (Å²) in [6.45, 7) is 0. The molecule has 1 aliphatic rings. The molecule has 88 valence electrons. The fourth-order valence-electron chi connectivity index (χ4n) is 1.90. The third kappa shape index (κ3) is 2.69. The first kappa shape index (κ1) is 12.6. The minimum Gasteiger partial charge on any atom is -0.371 e. The van der Waals surface area contributed by atoms with Gasteiger partial charge in [0.15, 0.2) is 0 Å². The summed E-state index contributed by atoms with van der Waals surface area (Å²) in [5.41, 5.74) is 2.42. The second-order valence-corrected chi connectivity index (χ2v) is 6.31. The number of rotatable bonds is 3. The molecule has 0 saturated carbocycles. The maximum Gasteiger partial charge on any atom is 0.0485 e. The summed E-state index contributed by atoms with van der Waals surface area (Å²) in [7, 11) is 2.18. The monoisotopic (exact) mass is 319 g/mol. The average molecular weight is 321 g/mol. The predicted octanol–water partition coefficient (Wildman–Crippen LogP) is 4.13. The molecule has 1 atom stereocenters. The van der Waals surface area contributed by atoms with Crippen molar-refractivity contribution in [1.29, 1.82) is 0 Å². The van der Waals surface area contributed by atoms with Gasteiger partial charge in [-0.3, -0.25) is 0 Å². The quantitative estimate of drug-likeness (QED) is 0.770. The molecule has 1 saturated heterocycles. The van der Waals surface area contributed by atoms with Gasteiger partial charge in [-0.2, -0.15) is 11.8 Å². The molecule has 1 aromatic carbocycles. The lowest BCUT2D eigenvalue weighted by atomic mass is 10.1. The molecule has 1 aliphatic heterocycles. The van der Waals surface area contributed by atoms with Gasteiger partial charge in [0.05, 0.1) is 0 Å². The summed E-state index contributed by atoms with van der Waals surface area (Å²) in [6, 6.07) is 7.11. The van der Waals surface area contributed by atoms with Crippen LogP contribution >= 0.6 is 39.3 Å². The van der Waals surface area contributed by atoms with Gasteiger partial charge in [0.2, 0.25) is 0 Å². The third-order valence-electron chi connectivity index (χ3n) is 3.04. The van der Waals surface area contributed by atoms with Crippen LogP contribution in [0.1, 0.15) is 12.0 Å². The summed E-state index contributed by atoms with van der Waals surface area (Å²) < 4.78 is 1.11. The number of nitrogens with zero attached hydrogens (tertiary/aromatic N) is 1. The van der Waals surface area contributed by atoms with Crippen LogP contribution in [0.3, 0.4) is 0 Å². The van der Waals surface area contributed by atoms with Crippen LogP contribution in [0.15, 0.2) is 22.7 Å². The Kier molecular flexibility index (Phi) is 4.45. The van der Waals surface area contributed by atoms with Crippen LogP contribution in [-0.2, 0) is 5.88 Å². The Morgan fingerprint density at radius 1 is 1.56 bits per heavy atom. The minimum absolute atomic E-state index is 0.559. The van der Waals surface area contributed by atoms with Crippen LogP contribution in [0.25, 0.3) is 0 Å². The highest BCUT2D eigenvalue weighted by atomic mass is 79.9.